The molecule has 0 fully saturated rings. The summed E-state index contributed by atoms with van der Waals surface area (Å²) in [6, 6.07) is 4.06. The number of carbonyl (C=O) groups excluding carboxylic acids is 1. The van der Waals surface area contributed by atoms with Gasteiger partial charge in [0.1, 0.15) is 0 Å². The van der Waals surface area contributed by atoms with Gasteiger partial charge in [0.15, 0.2) is 5.69 Å². The maximum atomic E-state index is 12.1. The highest BCUT2D eigenvalue weighted by Crippen LogP contribution is 2.10. The van der Waals surface area contributed by atoms with Crippen molar-refractivity contribution >= 4 is 17.4 Å². The van der Waals surface area contributed by atoms with E-state index in [0.29, 0.717) is 5.69 Å². The molecule has 0 saturated heterocycles. The minimum absolute atomic E-state index is 0.0588. The molecule has 1 amide bonds. The Balaban J connectivity index is 2.03. The number of amides is 1. The Kier molecular flexibility index (Phi) is 4.21. The summed E-state index contributed by atoms with van der Waals surface area (Å²) in [5.41, 5.74) is 2.56. The summed E-state index contributed by atoms with van der Waals surface area (Å²) in [4.78, 5) is 18.1. The van der Waals surface area contributed by atoms with Gasteiger partial charge < -0.3 is 4.90 Å². The van der Waals surface area contributed by atoms with E-state index in [1.54, 1.807) is 23.5 Å². The fraction of sp³-hybridized carbons (Fsp3) is 0.385. The Morgan fingerprint density at radius 1 is 1.53 bits per heavy atom. The van der Waals surface area contributed by atoms with Crippen molar-refractivity contribution < 1.29 is 4.79 Å². The third-order valence-corrected chi connectivity index (χ3v) is 3.54. The molecule has 0 spiro atoms. The third kappa shape index (κ3) is 3.35. The number of nitrogens with zero attached hydrogens (tertiary/aromatic N) is 4. The van der Waals surface area contributed by atoms with Gasteiger partial charge in [0, 0.05) is 36.8 Å². The van der Waals surface area contributed by atoms with Crippen LogP contribution in [0.15, 0.2) is 23.7 Å². The van der Waals surface area contributed by atoms with Gasteiger partial charge in [0.2, 0.25) is 0 Å². The van der Waals surface area contributed by atoms with Gasteiger partial charge in [-0.2, -0.15) is 0 Å². The van der Waals surface area contributed by atoms with Crippen LogP contribution in [0.2, 0.25) is 0 Å². The third-order valence-electron chi connectivity index (χ3n) is 3.04. The lowest BCUT2D eigenvalue weighted by Crippen LogP contribution is -2.36. The van der Waals surface area contributed by atoms with Crippen LogP contribution in [0, 0.1) is 6.92 Å². The van der Waals surface area contributed by atoms with Crippen LogP contribution in [0.1, 0.15) is 28.7 Å². The molecule has 0 aliphatic heterocycles. The minimum atomic E-state index is -0.103. The van der Waals surface area contributed by atoms with E-state index in [0.717, 1.165) is 12.1 Å². The van der Waals surface area contributed by atoms with Crippen LogP contribution in [0.25, 0.3) is 0 Å². The van der Waals surface area contributed by atoms with Crippen LogP contribution in [0.4, 0.5) is 0 Å². The van der Waals surface area contributed by atoms with Crippen LogP contribution >= 0.6 is 11.5 Å². The molecule has 5 nitrogen and oxygen atoms in total. The van der Waals surface area contributed by atoms with Crippen molar-refractivity contribution in [3.8, 4) is 0 Å². The Morgan fingerprint density at radius 3 is 2.95 bits per heavy atom. The zero-order chi connectivity index (χ0) is 13.8. The van der Waals surface area contributed by atoms with Crippen LogP contribution in [-0.4, -0.2) is 38.5 Å². The second kappa shape index (κ2) is 5.88. The van der Waals surface area contributed by atoms with Gasteiger partial charge in [-0.05, 0) is 43.1 Å². The highest BCUT2D eigenvalue weighted by atomic mass is 32.1. The van der Waals surface area contributed by atoms with Crippen molar-refractivity contribution in [1.82, 2.24) is 19.5 Å². The quantitative estimate of drug-likeness (QED) is 0.856. The average Bonchev–Trinajstić information content (AvgIpc) is 2.90. The number of hydrogen-bond donors (Lipinski definition) is 0. The molecule has 19 heavy (non-hydrogen) atoms. The lowest BCUT2D eigenvalue weighted by Gasteiger charge is -2.23. The molecule has 100 valence electrons. The Bertz CT molecular complexity index is 556. The van der Waals surface area contributed by atoms with Crippen molar-refractivity contribution in [2.45, 2.75) is 26.3 Å². The highest BCUT2D eigenvalue weighted by molar-refractivity contribution is 7.03. The zero-order valence-electron chi connectivity index (χ0n) is 11.2. The molecule has 2 rings (SSSR count). The fourth-order valence-corrected chi connectivity index (χ4v) is 2.22. The number of pyridine rings is 1. The number of likely N-dealkylation sites (N-methyl/N-ethyl adjacent to an activating group) is 1. The van der Waals surface area contributed by atoms with Gasteiger partial charge in [-0.25, -0.2) is 0 Å². The SMILES string of the molecule is Cc1ccnc(C[C@H](C)N(C)C(=O)c2csnn2)c1. The number of rotatable bonds is 4. The summed E-state index contributed by atoms with van der Waals surface area (Å²) in [5.74, 6) is -0.103. The monoisotopic (exact) mass is 276 g/mol. The zero-order valence-corrected chi connectivity index (χ0v) is 12.0. The molecule has 0 aliphatic rings. The summed E-state index contributed by atoms with van der Waals surface area (Å²) >= 11 is 1.18. The van der Waals surface area contributed by atoms with Gasteiger partial charge in [-0.15, -0.1) is 5.10 Å². The van der Waals surface area contributed by atoms with Crippen molar-refractivity contribution in [3.63, 3.8) is 0 Å². The molecule has 2 aromatic heterocycles. The molecule has 2 aromatic rings. The van der Waals surface area contributed by atoms with Crippen LogP contribution in [-0.2, 0) is 6.42 Å². The van der Waals surface area contributed by atoms with E-state index in [4.69, 9.17) is 0 Å². The van der Waals surface area contributed by atoms with E-state index in [1.165, 1.54) is 17.1 Å². The van der Waals surface area contributed by atoms with E-state index in [9.17, 15) is 4.79 Å². The fourth-order valence-electron chi connectivity index (χ4n) is 1.79. The summed E-state index contributed by atoms with van der Waals surface area (Å²) in [5, 5.41) is 5.47. The van der Waals surface area contributed by atoms with E-state index < -0.39 is 0 Å². The Morgan fingerprint density at radius 2 is 2.32 bits per heavy atom. The molecule has 0 bridgehead atoms. The van der Waals surface area contributed by atoms with Crippen LogP contribution < -0.4 is 0 Å². The van der Waals surface area contributed by atoms with Crippen molar-refractivity contribution in [2.24, 2.45) is 0 Å². The topological polar surface area (TPSA) is 59.0 Å². The molecule has 0 aliphatic carbocycles. The molecule has 0 N–H and O–H groups in total. The summed E-state index contributed by atoms with van der Waals surface area (Å²) < 4.78 is 3.71. The van der Waals surface area contributed by atoms with Crippen molar-refractivity contribution in [3.05, 3.63) is 40.7 Å². The largest absolute Gasteiger partial charge is 0.337 e. The standard InChI is InChI=1S/C13H16N4OS/c1-9-4-5-14-11(6-9)7-10(2)17(3)13(18)12-8-19-16-15-12/h4-6,8,10H,7H2,1-3H3/t10-/m0/s1. The maximum absolute atomic E-state index is 12.1. The molecule has 0 unspecified atom stereocenters. The number of aryl methyl sites for hydroxylation is 1. The lowest BCUT2D eigenvalue weighted by atomic mass is 10.1. The number of aromatic nitrogens is 3. The predicted octanol–water partition coefficient (Wildman–Crippen LogP) is 1.94. The lowest BCUT2D eigenvalue weighted by molar-refractivity contribution is 0.0737. The average molecular weight is 276 g/mol. The Labute approximate surface area is 116 Å². The molecule has 1 atom stereocenters. The summed E-state index contributed by atoms with van der Waals surface area (Å²) in [7, 11) is 1.78. The van der Waals surface area contributed by atoms with Crippen LogP contribution in [0.5, 0.6) is 0 Å². The smallest absolute Gasteiger partial charge is 0.275 e. The van der Waals surface area contributed by atoms with Gasteiger partial charge in [0.25, 0.3) is 5.91 Å². The van der Waals surface area contributed by atoms with Crippen molar-refractivity contribution in [2.75, 3.05) is 7.05 Å². The molecular weight excluding hydrogens is 260 g/mol. The number of hydrogen-bond acceptors (Lipinski definition) is 5. The van der Waals surface area contributed by atoms with E-state index in [2.05, 4.69) is 14.6 Å². The van der Waals surface area contributed by atoms with E-state index in [1.807, 2.05) is 26.0 Å². The first-order valence-corrected chi connectivity index (χ1v) is 6.87. The predicted molar refractivity (Wildman–Crippen MR) is 74.1 cm³/mol. The molecule has 0 radical (unpaired) electrons. The van der Waals surface area contributed by atoms with Crippen molar-refractivity contribution in [1.29, 1.82) is 0 Å². The second-order valence-corrected chi connectivity index (χ2v) is 5.19. The molecule has 2 heterocycles. The molecule has 0 aromatic carbocycles. The minimum Gasteiger partial charge on any atom is -0.337 e. The normalized spacial score (nSPS) is 12.2. The van der Waals surface area contributed by atoms with Gasteiger partial charge in [-0.1, -0.05) is 4.49 Å². The first kappa shape index (κ1) is 13.6. The molecule has 6 heteroatoms. The second-order valence-electron chi connectivity index (χ2n) is 4.58. The summed E-state index contributed by atoms with van der Waals surface area (Å²) in [6.45, 7) is 4.04. The molecule has 0 saturated carbocycles. The first-order valence-electron chi connectivity index (χ1n) is 6.03. The van der Waals surface area contributed by atoms with Crippen LogP contribution in [0.3, 0.4) is 0 Å². The van der Waals surface area contributed by atoms with Gasteiger partial charge in [-0.3, -0.25) is 9.78 Å². The van der Waals surface area contributed by atoms with Gasteiger partial charge in [0.05, 0.1) is 0 Å². The maximum Gasteiger partial charge on any atom is 0.275 e. The van der Waals surface area contributed by atoms with E-state index >= 15 is 0 Å². The number of carbonyl (C=O) groups is 1. The van der Waals surface area contributed by atoms with Gasteiger partial charge >= 0.3 is 0 Å². The highest BCUT2D eigenvalue weighted by Gasteiger charge is 2.20. The summed E-state index contributed by atoms with van der Waals surface area (Å²) in [6.07, 6.45) is 2.52. The molecular formula is C13H16N4OS. The van der Waals surface area contributed by atoms with E-state index in [-0.39, 0.29) is 11.9 Å². The Hall–Kier alpha value is -1.82. The first-order chi connectivity index (χ1) is 9.08.